The van der Waals surface area contributed by atoms with Gasteiger partial charge in [-0.2, -0.15) is 0 Å². The summed E-state index contributed by atoms with van der Waals surface area (Å²) in [5.41, 5.74) is 0.675. The van der Waals surface area contributed by atoms with Crippen molar-refractivity contribution in [1.29, 1.82) is 0 Å². The Hall–Kier alpha value is -0.930. The molecule has 0 spiro atoms. The number of rotatable bonds is 2. The zero-order valence-corrected chi connectivity index (χ0v) is 14.6. The summed E-state index contributed by atoms with van der Waals surface area (Å²) < 4.78 is 0. The van der Waals surface area contributed by atoms with Gasteiger partial charge in [0, 0.05) is 18.4 Å². The smallest absolute Gasteiger partial charge is 0.155 e. The highest BCUT2D eigenvalue weighted by atomic mass is 16.3. The largest absolute Gasteiger partial charge is 0.396 e. The standard InChI is InChI=1S/C20H30O3/c1-5-18(2)11-17-19(3,12-21)9-14(23)10-20(17,4)15-7-6-13(22)8-16(15)18/h5,8,14-15,17,21,23H,1,6-7,9-12H2,2-4H3. The van der Waals surface area contributed by atoms with Gasteiger partial charge in [0.2, 0.25) is 0 Å². The molecule has 3 heteroatoms. The van der Waals surface area contributed by atoms with Crippen LogP contribution in [0.15, 0.2) is 24.3 Å². The number of fused-ring (bicyclic) bond motifs is 3. The average molecular weight is 318 g/mol. The molecule has 0 saturated heterocycles. The lowest BCUT2D eigenvalue weighted by Crippen LogP contribution is -2.59. The van der Waals surface area contributed by atoms with Gasteiger partial charge in [0.15, 0.2) is 5.78 Å². The molecule has 3 aliphatic carbocycles. The molecule has 0 radical (unpaired) electrons. The quantitative estimate of drug-likeness (QED) is 0.768. The van der Waals surface area contributed by atoms with E-state index in [4.69, 9.17) is 0 Å². The van der Waals surface area contributed by atoms with Crippen LogP contribution in [0.3, 0.4) is 0 Å². The van der Waals surface area contributed by atoms with E-state index >= 15 is 0 Å². The number of hydrogen-bond acceptors (Lipinski definition) is 3. The molecule has 128 valence electrons. The normalized spacial score (nSPS) is 49.9. The minimum Gasteiger partial charge on any atom is -0.396 e. The zero-order valence-electron chi connectivity index (χ0n) is 14.6. The Morgan fingerprint density at radius 1 is 1.30 bits per heavy atom. The van der Waals surface area contributed by atoms with Crippen molar-refractivity contribution in [3.8, 4) is 0 Å². The molecule has 0 aromatic carbocycles. The van der Waals surface area contributed by atoms with Crippen LogP contribution in [0.2, 0.25) is 0 Å². The third-order valence-corrected chi connectivity index (χ3v) is 7.28. The van der Waals surface area contributed by atoms with E-state index in [2.05, 4.69) is 27.4 Å². The lowest BCUT2D eigenvalue weighted by atomic mass is 9.41. The van der Waals surface area contributed by atoms with Gasteiger partial charge in [0.25, 0.3) is 0 Å². The number of carbonyl (C=O) groups is 1. The van der Waals surface area contributed by atoms with E-state index in [0.29, 0.717) is 24.7 Å². The molecule has 0 aliphatic heterocycles. The fourth-order valence-corrected chi connectivity index (χ4v) is 6.02. The Morgan fingerprint density at radius 3 is 2.61 bits per heavy atom. The SMILES string of the molecule is C=CC1(C)CC2C(C)(CO)CC(O)CC2(C)C2CCC(=O)C=C21. The molecule has 0 amide bonds. The first-order chi connectivity index (χ1) is 10.7. The van der Waals surface area contributed by atoms with Gasteiger partial charge in [-0.25, -0.2) is 0 Å². The van der Waals surface area contributed by atoms with Crippen LogP contribution < -0.4 is 0 Å². The van der Waals surface area contributed by atoms with Gasteiger partial charge >= 0.3 is 0 Å². The topological polar surface area (TPSA) is 57.5 Å². The Kier molecular flexibility index (Phi) is 3.89. The lowest BCUT2D eigenvalue weighted by molar-refractivity contribution is -0.146. The number of aliphatic hydroxyl groups excluding tert-OH is 2. The lowest BCUT2D eigenvalue weighted by Gasteiger charge is -2.63. The summed E-state index contributed by atoms with van der Waals surface area (Å²) in [4.78, 5) is 12.0. The maximum atomic E-state index is 12.0. The van der Waals surface area contributed by atoms with E-state index in [-0.39, 0.29) is 34.7 Å². The summed E-state index contributed by atoms with van der Waals surface area (Å²) in [6.07, 6.45) is 7.23. The van der Waals surface area contributed by atoms with Crippen molar-refractivity contribution in [3.63, 3.8) is 0 Å². The van der Waals surface area contributed by atoms with Gasteiger partial charge in [-0.3, -0.25) is 4.79 Å². The van der Waals surface area contributed by atoms with Crippen LogP contribution in [0.5, 0.6) is 0 Å². The molecule has 2 saturated carbocycles. The first-order valence-electron chi connectivity index (χ1n) is 8.86. The molecule has 0 aromatic rings. The van der Waals surface area contributed by atoms with Crippen molar-refractivity contribution in [2.24, 2.45) is 28.1 Å². The van der Waals surface area contributed by atoms with Gasteiger partial charge in [0.05, 0.1) is 6.10 Å². The third-order valence-electron chi connectivity index (χ3n) is 7.28. The van der Waals surface area contributed by atoms with E-state index < -0.39 is 0 Å². The van der Waals surface area contributed by atoms with Crippen molar-refractivity contribution < 1.29 is 15.0 Å². The highest BCUT2D eigenvalue weighted by Gasteiger charge is 2.61. The van der Waals surface area contributed by atoms with Crippen molar-refractivity contribution in [1.82, 2.24) is 0 Å². The fourth-order valence-electron chi connectivity index (χ4n) is 6.02. The molecule has 23 heavy (non-hydrogen) atoms. The maximum Gasteiger partial charge on any atom is 0.155 e. The summed E-state index contributed by atoms with van der Waals surface area (Å²) in [5.74, 6) is 0.831. The first-order valence-corrected chi connectivity index (χ1v) is 8.86. The van der Waals surface area contributed by atoms with Crippen LogP contribution in [0.1, 0.15) is 52.9 Å². The molecule has 0 aromatic heterocycles. The minimum atomic E-state index is -0.375. The second kappa shape index (κ2) is 5.29. The Labute approximate surface area is 139 Å². The summed E-state index contributed by atoms with van der Waals surface area (Å²) in [5, 5.41) is 20.6. The van der Waals surface area contributed by atoms with E-state index in [1.165, 1.54) is 5.57 Å². The summed E-state index contributed by atoms with van der Waals surface area (Å²) in [7, 11) is 0. The van der Waals surface area contributed by atoms with Crippen LogP contribution >= 0.6 is 0 Å². The Bertz CT molecular complexity index is 565. The highest BCUT2D eigenvalue weighted by Crippen LogP contribution is 2.66. The van der Waals surface area contributed by atoms with E-state index in [0.717, 1.165) is 19.3 Å². The first kappa shape index (κ1) is 16.9. The van der Waals surface area contributed by atoms with Crippen molar-refractivity contribution in [2.45, 2.75) is 59.0 Å². The van der Waals surface area contributed by atoms with Gasteiger partial charge in [-0.1, -0.05) is 32.4 Å². The Balaban J connectivity index is 2.14. The number of hydrogen-bond donors (Lipinski definition) is 2. The molecule has 0 bridgehead atoms. The van der Waals surface area contributed by atoms with E-state index in [1.54, 1.807) is 0 Å². The molecule has 3 nitrogen and oxygen atoms in total. The second-order valence-corrected chi connectivity index (χ2v) is 8.92. The third kappa shape index (κ3) is 2.35. The molecular weight excluding hydrogens is 288 g/mol. The molecule has 6 unspecified atom stereocenters. The number of carbonyl (C=O) groups excluding carboxylic acids is 1. The average Bonchev–Trinajstić information content (AvgIpc) is 2.49. The van der Waals surface area contributed by atoms with Gasteiger partial charge in [-0.15, -0.1) is 6.58 Å². The molecule has 0 heterocycles. The minimum absolute atomic E-state index is 0.0653. The van der Waals surface area contributed by atoms with E-state index in [1.807, 2.05) is 12.2 Å². The molecular formula is C20H30O3. The monoisotopic (exact) mass is 318 g/mol. The van der Waals surface area contributed by atoms with E-state index in [9.17, 15) is 15.0 Å². The van der Waals surface area contributed by atoms with Gasteiger partial charge < -0.3 is 10.2 Å². The molecule has 3 aliphatic rings. The fraction of sp³-hybridized carbons (Fsp3) is 0.750. The predicted molar refractivity (Wildman–Crippen MR) is 90.8 cm³/mol. The number of allylic oxidation sites excluding steroid dienone is 3. The molecule has 3 rings (SSSR count). The summed E-state index contributed by atoms with van der Waals surface area (Å²) in [6, 6.07) is 0. The Morgan fingerprint density at radius 2 is 2.00 bits per heavy atom. The van der Waals surface area contributed by atoms with Crippen LogP contribution in [0, 0.1) is 28.1 Å². The maximum absolute atomic E-state index is 12.0. The highest BCUT2D eigenvalue weighted by molar-refractivity contribution is 5.91. The van der Waals surface area contributed by atoms with Crippen LogP contribution in [-0.4, -0.2) is 28.7 Å². The molecule has 6 atom stereocenters. The number of ketones is 1. The molecule has 2 N–H and O–H groups in total. The van der Waals surface area contributed by atoms with Gasteiger partial charge in [0.1, 0.15) is 0 Å². The van der Waals surface area contributed by atoms with Crippen LogP contribution in [0.4, 0.5) is 0 Å². The zero-order chi connectivity index (χ0) is 17.0. The van der Waals surface area contributed by atoms with Crippen molar-refractivity contribution in [2.75, 3.05) is 6.61 Å². The van der Waals surface area contributed by atoms with Crippen molar-refractivity contribution in [3.05, 3.63) is 24.3 Å². The van der Waals surface area contributed by atoms with Crippen molar-refractivity contribution >= 4 is 5.78 Å². The number of aliphatic hydroxyl groups is 2. The summed E-state index contributed by atoms with van der Waals surface area (Å²) >= 11 is 0. The van der Waals surface area contributed by atoms with Gasteiger partial charge in [-0.05, 0) is 54.4 Å². The second-order valence-electron chi connectivity index (χ2n) is 8.92. The molecule has 2 fully saturated rings. The summed E-state index contributed by atoms with van der Waals surface area (Å²) in [6.45, 7) is 10.7. The predicted octanol–water partition coefficient (Wildman–Crippen LogP) is 3.26. The van der Waals surface area contributed by atoms with Crippen LogP contribution in [0.25, 0.3) is 0 Å². The van der Waals surface area contributed by atoms with Crippen LogP contribution in [-0.2, 0) is 4.79 Å².